The number of nitrogens with one attached hydrogen (secondary N) is 1. The minimum absolute atomic E-state index is 0.157. The van der Waals surface area contributed by atoms with E-state index in [-0.39, 0.29) is 18.4 Å². The summed E-state index contributed by atoms with van der Waals surface area (Å²) in [5.74, 6) is -1.10. The highest BCUT2D eigenvalue weighted by Gasteiger charge is 2.32. The lowest BCUT2D eigenvalue weighted by atomic mass is 10.0. The van der Waals surface area contributed by atoms with Crippen molar-refractivity contribution in [3.63, 3.8) is 0 Å². The topological polar surface area (TPSA) is 95.9 Å². The molecule has 1 unspecified atom stereocenters. The molecule has 7 heteroatoms. The molecular formula is C21H22N2O5. The van der Waals surface area contributed by atoms with Crippen molar-refractivity contribution in [1.82, 2.24) is 4.90 Å². The van der Waals surface area contributed by atoms with Crippen molar-refractivity contribution in [1.29, 1.82) is 0 Å². The molecule has 0 spiro atoms. The smallest absolute Gasteiger partial charge is 0.326 e. The van der Waals surface area contributed by atoms with Crippen LogP contribution in [0.2, 0.25) is 0 Å². The van der Waals surface area contributed by atoms with Crippen molar-refractivity contribution >= 4 is 23.5 Å². The lowest BCUT2D eigenvalue weighted by molar-refractivity contribution is -0.143. The van der Waals surface area contributed by atoms with Gasteiger partial charge in [-0.2, -0.15) is 0 Å². The fourth-order valence-corrected chi connectivity index (χ4v) is 3.19. The zero-order chi connectivity index (χ0) is 19.9. The number of carbonyl (C=O) groups is 3. The summed E-state index contributed by atoms with van der Waals surface area (Å²) in [5, 5.41) is 12.1. The Morgan fingerprint density at radius 3 is 2.61 bits per heavy atom. The number of nitrogens with zero attached hydrogens (tertiary/aromatic N) is 1. The standard InChI is InChI=1S/C21H22N2O5/c24-19(14-28-17-9-2-1-3-10-17)22-16-8-6-7-15(13-16)20(25)23-12-5-4-11-18(23)21(26)27/h1-3,6-10,13,18H,4-5,11-12,14H2,(H,22,24)(H,26,27). The number of carboxylic acid groups (broad SMARTS) is 1. The number of anilines is 1. The summed E-state index contributed by atoms with van der Waals surface area (Å²) >= 11 is 0. The van der Waals surface area contributed by atoms with Gasteiger partial charge in [-0.05, 0) is 49.6 Å². The zero-order valence-electron chi connectivity index (χ0n) is 15.3. The molecule has 2 aromatic carbocycles. The first-order valence-electron chi connectivity index (χ1n) is 9.16. The second-order valence-electron chi connectivity index (χ2n) is 6.58. The molecule has 28 heavy (non-hydrogen) atoms. The maximum atomic E-state index is 12.8. The third-order valence-electron chi connectivity index (χ3n) is 4.56. The van der Waals surface area contributed by atoms with Gasteiger partial charge in [0.15, 0.2) is 6.61 Å². The predicted octanol–water partition coefficient (Wildman–Crippen LogP) is 2.78. The Bertz CT molecular complexity index is 853. The lowest BCUT2D eigenvalue weighted by Gasteiger charge is -2.33. The largest absolute Gasteiger partial charge is 0.484 e. The molecule has 0 aliphatic carbocycles. The maximum absolute atomic E-state index is 12.8. The van der Waals surface area contributed by atoms with E-state index in [1.165, 1.54) is 4.90 Å². The van der Waals surface area contributed by atoms with E-state index in [1.54, 1.807) is 36.4 Å². The zero-order valence-corrected chi connectivity index (χ0v) is 15.3. The average Bonchev–Trinajstić information content (AvgIpc) is 2.72. The summed E-state index contributed by atoms with van der Waals surface area (Å²) in [4.78, 5) is 37.7. The molecule has 1 aliphatic heterocycles. The molecule has 0 aromatic heterocycles. The van der Waals surface area contributed by atoms with E-state index in [9.17, 15) is 19.5 Å². The number of benzene rings is 2. The van der Waals surface area contributed by atoms with Crippen LogP contribution in [0.3, 0.4) is 0 Å². The molecule has 7 nitrogen and oxygen atoms in total. The normalized spacial score (nSPS) is 16.3. The quantitative estimate of drug-likeness (QED) is 0.801. The van der Waals surface area contributed by atoms with Gasteiger partial charge in [0.1, 0.15) is 11.8 Å². The molecule has 1 saturated heterocycles. The van der Waals surface area contributed by atoms with Crippen LogP contribution in [-0.4, -0.2) is 47.0 Å². The van der Waals surface area contributed by atoms with E-state index in [0.717, 1.165) is 12.8 Å². The SMILES string of the molecule is O=C(COc1ccccc1)Nc1cccc(C(=O)N2CCCCC2C(=O)O)c1. The van der Waals surface area contributed by atoms with Gasteiger partial charge >= 0.3 is 5.97 Å². The van der Waals surface area contributed by atoms with Gasteiger partial charge < -0.3 is 20.1 Å². The molecule has 1 heterocycles. The van der Waals surface area contributed by atoms with E-state index >= 15 is 0 Å². The number of rotatable bonds is 6. The van der Waals surface area contributed by atoms with E-state index in [2.05, 4.69) is 5.32 Å². The lowest BCUT2D eigenvalue weighted by Crippen LogP contribution is -2.48. The minimum Gasteiger partial charge on any atom is -0.484 e. The molecule has 2 amide bonds. The van der Waals surface area contributed by atoms with Crippen molar-refractivity contribution in [3.8, 4) is 5.75 Å². The van der Waals surface area contributed by atoms with E-state index in [4.69, 9.17) is 4.74 Å². The Morgan fingerprint density at radius 1 is 1.07 bits per heavy atom. The van der Waals surface area contributed by atoms with Crippen molar-refractivity contribution < 1.29 is 24.2 Å². The Hall–Kier alpha value is -3.35. The fraction of sp³-hybridized carbons (Fsp3) is 0.286. The number of amides is 2. The van der Waals surface area contributed by atoms with Gasteiger partial charge in [0.05, 0.1) is 0 Å². The molecule has 2 N–H and O–H groups in total. The molecule has 3 rings (SSSR count). The van der Waals surface area contributed by atoms with Gasteiger partial charge in [-0.15, -0.1) is 0 Å². The molecular weight excluding hydrogens is 360 g/mol. The first-order chi connectivity index (χ1) is 13.5. The first-order valence-corrected chi connectivity index (χ1v) is 9.16. The number of carboxylic acids is 1. The van der Waals surface area contributed by atoms with Crippen molar-refractivity contribution in [3.05, 3.63) is 60.2 Å². The van der Waals surface area contributed by atoms with E-state index in [0.29, 0.717) is 30.0 Å². The fourth-order valence-electron chi connectivity index (χ4n) is 3.19. The summed E-state index contributed by atoms with van der Waals surface area (Å²) in [6.07, 6.45) is 2.02. The van der Waals surface area contributed by atoms with Gasteiger partial charge in [-0.3, -0.25) is 9.59 Å². The second-order valence-corrected chi connectivity index (χ2v) is 6.58. The van der Waals surface area contributed by atoms with Crippen molar-refractivity contribution in [2.75, 3.05) is 18.5 Å². The third-order valence-corrected chi connectivity index (χ3v) is 4.56. The van der Waals surface area contributed by atoms with Crippen molar-refractivity contribution in [2.45, 2.75) is 25.3 Å². The van der Waals surface area contributed by atoms with E-state index < -0.39 is 12.0 Å². The highest BCUT2D eigenvalue weighted by atomic mass is 16.5. The summed E-state index contributed by atoms with van der Waals surface area (Å²) in [6.45, 7) is 0.257. The van der Waals surface area contributed by atoms with Crippen LogP contribution in [0.4, 0.5) is 5.69 Å². The van der Waals surface area contributed by atoms with Crippen LogP contribution in [0.1, 0.15) is 29.6 Å². The Labute approximate surface area is 162 Å². The minimum atomic E-state index is -0.990. The summed E-state index contributed by atoms with van der Waals surface area (Å²) in [7, 11) is 0. The van der Waals surface area contributed by atoms with Gasteiger partial charge in [0, 0.05) is 17.8 Å². The molecule has 1 atom stereocenters. The molecule has 1 fully saturated rings. The number of para-hydroxylation sites is 1. The van der Waals surface area contributed by atoms with Gasteiger partial charge in [-0.1, -0.05) is 24.3 Å². The van der Waals surface area contributed by atoms with Gasteiger partial charge in [0.25, 0.3) is 11.8 Å². The summed E-state index contributed by atoms with van der Waals surface area (Å²) in [6, 6.07) is 14.7. The number of likely N-dealkylation sites (tertiary alicyclic amines) is 1. The predicted molar refractivity (Wildman–Crippen MR) is 103 cm³/mol. The van der Waals surface area contributed by atoms with Crippen LogP contribution in [-0.2, 0) is 9.59 Å². The number of hydrogen-bond acceptors (Lipinski definition) is 4. The molecule has 1 aliphatic rings. The molecule has 0 saturated carbocycles. The van der Waals surface area contributed by atoms with Crippen LogP contribution < -0.4 is 10.1 Å². The Balaban J connectivity index is 1.63. The van der Waals surface area contributed by atoms with Gasteiger partial charge in [-0.25, -0.2) is 4.79 Å². The second kappa shape index (κ2) is 9.03. The first kappa shape index (κ1) is 19.4. The van der Waals surface area contributed by atoms with Crippen molar-refractivity contribution in [2.24, 2.45) is 0 Å². The highest BCUT2D eigenvalue weighted by Crippen LogP contribution is 2.21. The van der Waals surface area contributed by atoms with E-state index in [1.807, 2.05) is 18.2 Å². The third kappa shape index (κ3) is 4.88. The number of aliphatic carboxylic acids is 1. The Kier molecular flexibility index (Phi) is 6.26. The molecule has 146 valence electrons. The molecule has 0 radical (unpaired) electrons. The number of ether oxygens (including phenoxy) is 1. The molecule has 0 bridgehead atoms. The van der Waals surface area contributed by atoms with Crippen LogP contribution >= 0.6 is 0 Å². The van der Waals surface area contributed by atoms with Crippen LogP contribution in [0.15, 0.2) is 54.6 Å². The Morgan fingerprint density at radius 2 is 1.86 bits per heavy atom. The number of hydrogen-bond donors (Lipinski definition) is 2. The van der Waals surface area contributed by atoms with Crippen LogP contribution in [0.25, 0.3) is 0 Å². The summed E-state index contributed by atoms with van der Waals surface area (Å²) < 4.78 is 5.40. The maximum Gasteiger partial charge on any atom is 0.326 e. The average molecular weight is 382 g/mol. The molecule has 2 aromatic rings. The number of piperidine rings is 1. The van der Waals surface area contributed by atoms with Crippen LogP contribution in [0, 0.1) is 0 Å². The number of carbonyl (C=O) groups excluding carboxylic acids is 2. The summed E-state index contributed by atoms with van der Waals surface area (Å²) in [5.41, 5.74) is 0.798. The monoisotopic (exact) mass is 382 g/mol. The highest BCUT2D eigenvalue weighted by molar-refractivity contribution is 5.99. The van der Waals surface area contributed by atoms with Crippen LogP contribution in [0.5, 0.6) is 5.75 Å². The van der Waals surface area contributed by atoms with Gasteiger partial charge in [0.2, 0.25) is 0 Å².